The molecule has 0 N–H and O–H groups in total. The third kappa shape index (κ3) is 6.00. The van der Waals surface area contributed by atoms with Crippen molar-refractivity contribution in [1.29, 1.82) is 0 Å². The van der Waals surface area contributed by atoms with Crippen LogP contribution in [-0.4, -0.2) is 7.05 Å². The lowest BCUT2D eigenvalue weighted by Crippen LogP contribution is -2.29. The second kappa shape index (κ2) is 13.1. The fraction of sp³-hybridized carbons (Fsp3) is 0.292. The van der Waals surface area contributed by atoms with Crippen LogP contribution in [-0.2, 0) is 23.7 Å². The van der Waals surface area contributed by atoms with Gasteiger partial charge in [-0.15, -0.1) is 0 Å². The van der Waals surface area contributed by atoms with Gasteiger partial charge in [0.05, 0.1) is 0 Å². The molecule has 1 atom stereocenters. The van der Waals surface area contributed by atoms with E-state index < -0.39 is 0 Å². The van der Waals surface area contributed by atoms with Gasteiger partial charge in [0.2, 0.25) is 0 Å². The van der Waals surface area contributed by atoms with Crippen LogP contribution in [0.1, 0.15) is 82.7 Å². The summed E-state index contributed by atoms with van der Waals surface area (Å²) < 4.78 is 0. The Morgan fingerprint density at radius 3 is 2.06 bits per heavy atom. The number of allylic oxidation sites excluding steroid dienone is 4. The average Bonchev–Trinajstić information content (AvgIpc) is 3.15. The molecule has 5 aromatic carbocycles. The first kappa shape index (κ1) is 33.7. The predicted molar refractivity (Wildman–Crippen MR) is 217 cm³/mol. The number of benzene rings is 5. The first-order valence-corrected chi connectivity index (χ1v) is 18.5. The van der Waals surface area contributed by atoms with Crippen molar-refractivity contribution in [3.05, 3.63) is 155 Å². The summed E-state index contributed by atoms with van der Waals surface area (Å²) >= 11 is 0. The maximum absolute atomic E-state index is 2.46. The monoisotopic (exact) mass is 656 g/mol. The van der Waals surface area contributed by atoms with E-state index in [0.29, 0.717) is 5.92 Å². The first-order valence-electron chi connectivity index (χ1n) is 18.5. The molecular weight excluding hydrogens is 605 g/mol. The molecule has 5 aromatic rings. The smallest absolute Gasteiger partial charge is 0.0486 e. The van der Waals surface area contributed by atoms with Crippen molar-refractivity contribution in [2.24, 2.45) is 5.92 Å². The average molecular weight is 657 g/mol. The van der Waals surface area contributed by atoms with Crippen molar-refractivity contribution in [1.82, 2.24) is 0 Å². The van der Waals surface area contributed by atoms with Gasteiger partial charge >= 0.3 is 0 Å². The van der Waals surface area contributed by atoms with E-state index in [0.717, 1.165) is 19.3 Å². The predicted octanol–water partition coefficient (Wildman–Crippen LogP) is 13.3. The molecule has 0 spiro atoms. The number of rotatable bonds is 6. The lowest BCUT2D eigenvalue weighted by Gasteiger charge is -2.36. The first-order chi connectivity index (χ1) is 24.0. The van der Waals surface area contributed by atoms with Crippen LogP contribution in [0, 0.1) is 5.92 Å². The van der Waals surface area contributed by atoms with Crippen LogP contribution < -0.4 is 9.80 Å². The van der Waals surface area contributed by atoms with Gasteiger partial charge < -0.3 is 9.80 Å². The zero-order valence-corrected chi connectivity index (χ0v) is 31.2. The van der Waals surface area contributed by atoms with E-state index in [9.17, 15) is 0 Å². The van der Waals surface area contributed by atoms with Gasteiger partial charge in [0.15, 0.2) is 0 Å². The Hall–Kier alpha value is -4.82. The number of nitrogens with zero attached hydrogens (tertiary/aromatic N) is 2. The Labute approximate surface area is 300 Å². The minimum Gasteiger partial charge on any atom is -0.344 e. The Morgan fingerprint density at radius 2 is 1.32 bits per heavy atom. The van der Waals surface area contributed by atoms with Gasteiger partial charge in [0.1, 0.15) is 0 Å². The van der Waals surface area contributed by atoms with E-state index >= 15 is 0 Å². The van der Waals surface area contributed by atoms with Gasteiger partial charge in [-0.05, 0) is 123 Å². The van der Waals surface area contributed by atoms with E-state index in [1.54, 1.807) is 0 Å². The summed E-state index contributed by atoms with van der Waals surface area (Å²) in [6.07, 6.45) is 10.0. The SMILES string of the molecule is CCc1ccccc1-c1ccc(N(c2ccc(C(C)(C)C)cc2)c2ccc3c(c2)C2=CC=CC(C2)C(C)(C)c2ccccc2N3C)cc1CC. The van der Waals surface area contributed by atoms with Crippen molar-refractivity contribution < 1.29 is 0 Å². The summed E-state index contributed by atoms with van der Waals surface area (Å²) in [5.74, 6) is 0.401. The Balaban J connectivity index is 1.42. The second-order valence-electron chi connectivity index (χ2n) is 15.7. The molecule has 0 saturated heterocycles. The molecule has 50 heavy (non-hydrogen) atoms. The highest BCUT2D eigenvalue weighted by atomic mass is 15.1. The van der Waals surface area contributed by atoms with Gasteiger partial charge in [-0.2, -0.15) is 0 Å². The summed E-state index contributed by atoms with van der Waals surface area (Å²) in [5.41, 5.74) is 17.0. The van der Waals surface area contributed by atoms with Crippen LogP contribution in [0.5, 0.6) is 0 Å². The minimum absolute atomic E-state index is 0.0126. The largest absolute Gasteiger partial charge is 0.344 e. The fourth-order valence-electron chi connectivity index (χ4n) is 8.15. The normalized spacial score (nSPS) is 16.4. The van der Waals surface area contributed by atoms with Crippen LogP contribution in [0.4, 0.5) is 28.4 Å². The number of hydrogen-bond donors (Lipinski definition) is 0. The molecule has 2 nitrogen and oxygen atoms in total. The van der Waals surface area contributed by atoms with Crippen molar-refractivity contribution >= 4 is 34.0 Å². The second-order valence-corrected chi connectivity index (χ2v) is 15.7. The standard InChI is InChI=1S/C48H52N2/c1-9-33-16-11-12-19-41(33)42-28-26-39(31-34(42)10-2)50(38-24-22-36(23-25-38)47(3,4)5)40-27-29-45-43(32-40)35-17-15-18-37(30-35)48(6,7)44-20-13-14-21-46(44)49(45)8/h11-29,31-32,37H,9-10,30H2,1-8H3. The maximum atomic E-state index is 2.46. The van der Waals surface area contributed by atoms with E-state index in [2.05, 4.69) is 193 Å². The van der Waals surface area contributed by atoms with Crippen LogP contribution in [0.3, 0.4) is 0 Å². The van der Waals surface area contributed by atoms with Crippen molar-refractivity contribution in [2.75, 3.05) is 16.8 Å². The zero-order chi connectivity index (χ0) is 35.2. The van der Waals surface area contributed by atoms with Crippen LogP contribution in [0.25, 0.3) is 16.7 Å². The molecule has 1 aliphatic heterocycles. The maximum Gasteiger partial charge on any atom is 0.0486 e. The highest BCUT2D eigenvalue weighted by molar-refractivity contribution is 5.88. The van der Waals surface area contributed by atoms with E-state index in [1.165, 1.54) is 73.0 Å². The molecule has 1 unspecified atom stereocenters. The van der Waals surface area contributed by atoms with E-state index in [1.807, 2.05) is 0 Å². The number of hydrogen-bond acceptors (Lipinski definition) is 2. The van der Waals surface area contributed by atoms with Gasteiger partial charge in [0, 0.05) is 41.0 Å². The lowest BCUT2D eigenvalue weighted by atomic mass is 9.69. The van der Waals surface area contributed by atoms with Gasteiger partial charge in [-0.3, -0.25) is 0 Å². The van der Waals surface area contributed by atoms with Gasteiger partial charge in [-0.25, -0.2) is 0 Å². The van der Waals surface area contributed by atoms with Gasteiger partial charge in [-0.1, -0.05) is 127 Å². The molecule has 0 fully saturated rings. The number of para-hydroxylation sites is 1. The van der Waals surface area contributed by atoms with Crippen LogP contribution >= 0.6 is 0 Å². The summed E-state index contributed by atoms with van der Waals surface area (Å²) in [4.78, 5) is 4.87. The number of anilines is 5. The zero-order valence-electron chi connectivity index (χ0n) is 31.2. The molecule has 0 saturated carbocycles. The molecule has 0 aromatic heterocycles. The number of aryl methyl sites for hydroxylation is 2. The third-order valence-electron chi connectivity index (χ3n) is 11.3. The molecule has 2 aliphatic rings. The molecule has 2 bridgehead atoms. The van der Waals surface area contributed by atoms with Crippen LogP contribution in [0.2, 0.25) is 0 Å². The fourth-order valence-corrected chi connectivity index (χ4v) is 8.15. The van der Waals surface area contributed by atoms with E-state index in [-0.39, 0.29) is 10.8 Å². The van der Waals surface area contributed by atoms with Crippen LogP contribution in [0.15, 0.2) is 127 Å². The summed E-state index contributed by atoms with van der Waals surface area (Å²) in [6, 6.07) is 41.3. The summed E-state index contributed by atoms with van der Waals surface area (Å²) in [7, 11) is 2.24. The molecule has 1 heterocycles. The molecule has 7 rings (SSSR count). The Morgan fingerprint density at radius 1 is 0.680 bits per heavy atom. The van der Waals surface area contributed by atoms with Crippen molar-refractivity contribution in [3.8, 4) is 11.1 Å². The molecule has 0 radical (unpaired) electrons. The lowest BCUT2D eigenvalue weighted by molar-refractivity contribution is 0.387. The third-order valence-corrected chi connectivity index (χ3v) is 11.3. The molecular formula is C48H52N2. The highest BCUT2D eigenvalue weighted by Crippen LogP contribution is 2.50. The minimum atomic E-state index is -0.0126. The quantitative estimate of drug-likeness (QED) is 0.179. The summed E-state index contributed by atoms with van der Waals surface area (Å²) in [6.45, 7) is 16.2. The summed E-state index contributed by atoms with van der Waals surface area (Å²) in [5, 5.41) is 0. The molecule has 2 heteroatoms. The molecule has 0 amide bonds. The number of fused-ring (bicyclic) bond motifs is 5. The van der Waals surface area contributed by atoms with E-state index in [4.69, 9.17) is 0 Å². The topological polar surface area (TPSA) is 6.48 Å². The molecule has 254 valence electrons. The highest BCUT2D eigenvalue weighted by Gasteiger charge is 2.36. The molecule has 1 aliphatic carbocycles. The Kier molecular flexibility index (Phi) is 8.85. The van der Waals surface area contributed by atoms with Crippen molar-refractivity contribution in [2.45, 2.75) is 78.6 Å². The van der Waals surface area contributed by atoms with Crippen molar-refractivity contribution in [3.63, 3.8) is 0 Å². The van der Waals surface area contributed by atoms with Gasteiger partial charge in [0.25, 0.3) is 0 Å². The Bertz CT molecular complexity index is 2090.